The van der Waals surface area contributed by atoms with Crippen molar-refractivity contribution in [2.75, 3.05) is 13.1 Å². The lowest BCUT2D eigenvalue weighted by Crippen LogP contribution is -2.40. The molecule has 1 saturated heterocycles. The SMILES string of the molecule is CC(C)Oc1ccc(CNC(=O)C2CCN(Cc3nc(-c4ccc(Cl)cc4Cl)no3)CC2)cc1. The molecule has 1 fully saturated rings. The van der Waals surface area contributed by atoms with Crippen LogP contribution in [0.4, 0.5) is 0 Å². The lowest BCUT2D eigenvalue weighted by Gasteiger charge is -2.30. The second-order valence-corrected chi connectivity index (χ2v) is 9.56. The van der Waals surface area contributed by atoms with Crippen LogP contribution in [-0.2, 0) is 17.9 Å². The highest BCUT2D eigenvalue weighted by Gasteiger charge is 2.26. The Morgan fingerprint density at radius 3 is 2.59 bits per heavy atom. The molecule has 34 heavy (non-hydrogen) atoms. The summed E-state index contributed by atoms with van der Waals surface area (Å²) in [5, 5.41) is 8.14. The summed E-state index contributed by atoms with van der Waals surface area (Å²) in [5.41, 5.74) is 1.73. The smallest absolute Gasteiger partial charge is 0.241 e. The van der Waals surface area contributed by atoms with Gasteiger partial charge in [-0.3, -0.25) is 9.69 Å². The molecule has 1 N–H and O–H groups in total. The Hall–Kier alpha value is -2.61. The zero-order valence-electron chi connectivity index (χ0n) is 19.3. The number of hydrogen-bond acceptors (Lipinski definition) is 6. The van der Waals surface area contributed by atoms with Crippen molar-refractivity contribution in [1.82, 2.24) is 20.4 Å². The van der Waals surface area contributed by atoms with Crippen LogP contribution in [0.1, 0.15) is 38.1 Å². The molecule has 0 saturated carbocycles. The van der Waals surface area contributed by atoms with Gasteiger partial charge in [0.15, 0.2) is 0 Å². The number of aromatic nitrogens is 2. The van der Waals surface area contributed by atoms with Crippen LogP contribution in [0.2, 0.25) is 10.0 Å². The number of nitrogens with zero attached hydrogens (tertiary/aromatic N) is 3. The van der Waals surface area contributed by atoms with Crippen molar-refractivity contribution in [2.24, 2.45) is 5.92 Å². The van der Waals surface area contributed by atoms with E-state index < -0.39 is 0 Å². The number of rotatable bonds is 8. The molecule has 180 valence electrons. The monoisotopic (exact) mass is 502 g/mol. The highest BCUT2D eigenvalue weighted by atomic mass is 35.5. The summed E-state index contributed by atoms with van der Waals surface area (Å²) in [5.74, 6) is 1.90. The highest BCUT2D eigenvalue weighted by molar-refractivity contribution is 6.36. The number of ether oxygens (including phenoxy) is 1. The van der Waals surface area contributed by atoms with Crippen molar-refractivity contribution in [3.05, 3.63) is 64.0 Å². The van der Waals surface area contributed by atoms with Crippen LogP contribution in [-0.4, -0.2) is 40.1 Å². The molecular weight excluding hydrogens is 475 g/mol. The highest BCUT2D eigenvalue weighted by Crippen LogP contribution is 2.29. The zero-order chi connectivity index (χ0) is 24.1. The van der Waals surface area contributed by atoms with E-state index >= 15 is 0 Å². The molecule has 2 aromatic carbocycles. The van der Waals surface area contributed by atoms with Gasteiger partial charge in [0.25, 0.3) is 0 Å². The van der Waals surface area contributed by atoms with Gasteiger partial charge in [0, 0.05) is 23.0 Å². The molecular formula is C25H28Cl2N4O3. The first-order valence-corrected chi connectivity index (χ1v) is 12.2. The van der Waals surface area contributed by atoms with E-state index in [1.165, 1.54) is 0 Å². The van der Waals surface area contributed by atoms with Crippen molar-refractivity contribution in [3.63, 3.8) is 0 Å². The molecule has 1 aliphatic rings. The standard InChI is InChI=1S/C25H28Cl2N4O3/c1-16(2)33-20-6-3-17(4-7-20)14-28-25(32)18-9-11-31(12-10-18)15-23-29-24(30-34-23)21-8-5-19(26)13-22(21)27/h3-8,13,16,18H,9-12,14-15H2,1-2H3,(H,28,32). The molecule has 0 spiro atoms. The molecule has 0 unspecified atom stereocenters. The Kier molecular flexibility index (Phi) is 8.08. The van der Waals surface area contributed by atoms with E-state index in [0.717, 1.165) is 37.2 Å². The van der Waals surface area contributed by atoms with E-state index in [9.17, 15) is 4.79 Å². The van der Waals surface area contributed by atoms with Crippen molar-refractivity contribution in [1.29, 1.82) is 0 Å². The molecule has 9 heteroatoms. The fourth-order valence-corrected chi connectivity index (χ4v) is 4.43. The number of carbonyl (C=O) groups is 1. The first-order valence-electron chi connectivity index (χ1n) is 11.4. The fraction of sp³-hybridized carbons (Fsp3) is 0.400. The molecule has 0 radical (unpaired) electrons. The predicted molar refractivity (Wildman–Crippen MR) is 132 cm³/mol. The first kappa shape index (κ1) is 24.5. The molecule has 0 atom stereocenters. The summed E-state index contributed by atoms with van der Waals surface area (Å²) >= 11 is 12.2. The summed E-state index contributed by atoms with van der Waals surface area (Å²) in [7, 11) is 0. The number of piperidine rings is 1. The minimum atomic E-state index is 0.00548. The van der Waals surface area contributed by atoms with E-state index in [0.29, 0.717) is 40.4 Å². The number of benzene rings is 2. The minimum Gasteiger partial charge on any atom is -0.491 e. The Bertz CT molecular complexity index is 1110. The molecule has 3 aromatic rings. The van der Waals surface area contributed by atoms with Crippen LogP contribution in [0.3, 0.4) is 0 Å². The third-order valence-corrected chi connectivity index (χ3v) is 6.27. The maximum atomic E-state index is 12.6. The average Bonchev–Trinajstić information content (AvgIpc) is 3.26. The van der Waals surface area contributed by atoms with E-state index in [2.05, 4.69) is 20.4 Å². The Morgan fingerprint density at radius 1 is 1.18 bits per heavy atom. The second-order valence-electron chi connectivity index (χ2n) is 8.71. The van der Waals surface area contributed by atoms with E-state index in [1.807, 2.05) is 38.1 Å². The van der Waals surface area contributed by atoms with Crippen LogP contribution in [0.15, 0.2) is 47.0 Å². The quantitative estimate of drug-likeness (QED) is 0.446. The van der Waals surface area contributed by atoms with Crippen molar-refractivity contribution >= 4 is 29.1 Å². The van der Waals surface area contributed by atoms with E-state index in [-0.39, 0.29) is 17.9 Å². The summed E-state index contributed by atoms with van der Waals surface area (Å²) in [4.78, 5) is 19.3. The Morgan fingerprint density at radius 2 is 1.91 bits per heavy atom. The van der Waals surface area contributed by atoms with Gasteiger partial charge in [-0.1, -0.05) is 40.5 Å². The van der Waals surface area contributed by atoms with Gasteiger partial charge in [0.2, 0.25) is 17.6 Å². The van der Waals surface area contributed by atoms with E-state index in [4.69, 9.17) is 32.5 Å². The van der Waals surface area contributed by atoms with Gasteiger partial charge in [-0.25, -0.2) is 0 Å². The first-order chi connectivity index (χ1) is 16.4. The maximum absolute atomic E-state index is 12.6. The van der Waals surface area contributed by atoms with Gasteiger partial charge in [-0.15, -0.1) is 0 Å². The molecule has 1 aliphatic heterocycles. The van der Waals surface area contributed by atoms with Gasteiger partial charge in [-0.2, -0.15) is 4.98 Å². The van der Waals surface area contributed by atoms with Crippen molar-refractivity contribution in [2.45, 2.75) is 45.9 Å². The summed E-state index contributed by atoms with van der Waals surface area (Å²) < 4.78 is 11.1. The zero-order valence-corrected chi connectivity index (χ0v) is 20.8. The lowest BCUT2D eigenvalue weighted by atomic mass is 9.96. The van der Waals surface area contributed by atoms with Crippen molar-refractivity contribution < 1.29 is 14.1 Å². The lowest BCUT2D eigenvalue weighted by molar-refractivity contribution is -0.126. The van der Waals surface area contributed by atoms with Crippen LogP contribution in [0, 0.1) is 5.92 Å². The molecule has 4 rings (SSSR count). The average molecular weight is 503 g/mol. The fourth-order valence-electron chi connectivity index (χ4n) is 3.94. The number of likely N-dealkylation sites (tertiary alicyclic amines) is 1. The Labute approximate surface area is 209 Å². The molecule has 1 amide bonds. The molecule has 0 aliphatic carbocycles. The summed E-state index contributed by atoms with van der Waals surface area (Å²) in [6, 6.07) is 13.0. The summed E-state index contributed by atoms with van der Waals surface area (Å²) in [6.07, 6.45) is 1.72. The normalized spacial score (nSPS) is 15.0. The topological polar surface area (TPSA) is 80.5 Å². The molecule has 2 heterocycles. The minimum absolute atomic E-state index is 0.00548. The van der Waals surface area contributed by atoms with Gasteiger partial charge in [0.1, 0.15) is 5.75 Å². The largest absolute Gasteiger partial charge is 0.491 e. The summed E-state index contributed by atoms with van der Waals surface area (Å²) in [6.45, 7) is 6.63. The predicted octanol–water partition coefficient (Wildman–Crippen LogP) is 5.36. The third-order valence-electron chi connectivity index (χ3n) is 5.72. The number of amides is 1. The molecule has 1 aromatic heterocycles. The van der Waals surface area contributed by atoms with Crippen LogP contribution < -0.4 is 10.1 Å². The van der Waals surface area contributed by atoms with Gasteiger partial charge in [0.05, 0.1) is 17.7 Å². The third kappa shape index (κ3) is 6.50. The second kappa shape index (κ2) is 11.2. The molecule has 0 bridgehead atoms. The van der Waals surface area contributed by atoms with Gasteiger partial charge < -0.3 is 14.6 Å². The number of hydrogen-bond donors (Lipinski definition) is 1. The van der Waals surface area contributed by atoms with Crippen molar-refractivity contribution in [3.8, 4) is 17.1 Å². The number of carbonyl (C=O) groups excluding carboxylic acids is 1. The maximum Gasteiger partial charge on any atom is 0.241 e. The van der Waals surface area contributed by atoms with Gasteiger partial charge >= 0.3 is 0 Å². The van der Waals surface area contributed by atoms with Crippen LogP contribution in [0.25, 0.3) is 11.4 Å². The number of nitrogens with one attached hydrogen (secondary N) is 1. The Balaban J connectivity index is 1.23. The molecule has 7 nitrogen and oxygen atoms in total. The van der Waals surface area contributed by atoms with Crippen LogP contribution in [0.5, 0.6) is 5.75 Å². The van der Waals surface area contributed by atoms with E-state index in [1.54, 1.807) is 18.2 Å². The van der Waals surface area contributed by atoms with Gasteiger partial charge in [-0.05, 0) is 75.7 Å². The van der Waals surface area contributed by atoms with Crippen LogP contribution >= 0.6 is 23.2 Å². The number of halogens is 2.